The van der Waals surface area contributed by atoms with Crippen molar-refractivity contribution in [2.24, 2.45) is 5.73 Å². The van der Waals surface area contributed by atoms with Gasteiger partial charge in [-0.25, -0.2) is 4.39 Å². The molecule has 2 N–H and O–H groups in total. The van der Waals surface area contributed by atoms with Gasteiger partial charge in [-0.2, -0.15) is 0 Å². The molecule has 0 aliphatic rings. The fraction of sp³-hybridized carbons (Fsp3) is 0.455. The minimum absolute atomic E-state index is 0.320. The van der Waals surface area contributed by atoms with Crippen molar-refractivity contribution in [3.63, 3.8) is 0 Å². The first-order valence-electron chi connectivity index (χ1n) is 4.94. The van der Waals surface area contributed by atoms with Crippen molar-refractivity contribution in [2.75, 3.05) is 31.2 Å². The molecule has 0 aliphatic heterocycles. The van der Waals surface area contributed by atoms with Crippen molar-refractivity contribution in [1.29, 1.82) is 0 Å². The molecule has 0 bridgehead atoms. The van der Waals surface area contributed by atoms with E-state index >= 15 is 0 Å². The van der Waals surface area contributed by atoms with Gasteiger partial charge in [0.2, 0.25) is 0 Å². The van der Waals surface area contributed by atoms with E-state index in [1.807, 2.05) is 35.2 Å². The molecule has 78 valence electrons. The number of hydrogen-bond donors (Lipinski definition) is 1. The van der Waals surface area contributed by atoms with Gasteiger partial charge in [0.15, 0.2) is 0 Å². The fourth-order valence-electron chi connectivity index (χ4n) is 1.39. The van der Waals surface area contributed by atoms with Gasteiger partial charge in [-0.15, -0.1) is 0 Å². The molecular formula is C11H17FN2. The van der Waals surface area contributed by atoms with E-state index in [1.165, 1.54) is 0 Å². The highest BCUT2D eigenvalue weighted by Gasteiger charge is 2.03. The minimum atomic E-state index is -0.320. The van der Waals surface area contributed by atoms with E-state index < -0.39 is 0 Å². The van der Waals surface area contributed by atoms with Gasteiger partial charge in [0.25, 0.3) is 0 Å². The molecule has 1 aromatic carbocycles. The predicted molar refractivity (Wildman–Crippen MR) is 58.3 cm³/mol. The minimum Gasteiger partial charge on any atom is -0.369 e. The first-order chi connectivity index (χ1) is 6.88. The Hall–Kier alpha value is -1.09. The molecule has 0 atom stereocenters. The van der Waals surface area contributed by atoms with Crippen LogP contribution >= 0.6 is 0 Å². The number of nitrogens with two attached hydrogens (primary N) is 1. The zero-order valence-electron chi connectivity index (χ0n) is 8.32. The number of halogens is 1. The maximum atomic E-state index is 12.3. The predicted octanol–water partition coefficient (Wildman–Crippen LogP) is 1.81. The average molecular weight is 196 g/mol. The van der Waals surface area contributed by atoms with Crippen molar-refractivity contribution in [3.8, 4) is 0 Å². The molecule has 0 spiro atoms. The number of rotatable bonds is 6. The van der Waals surface area contributed by atoms with E-state index in [0.29, 0.717) is 13.1 Å². The van der Waals surface area contributed by atoms with Gasteiger partial charge in [-0.1, -0.05) is 18.2 Å². The van der Waals surface area contributed by atoms with Crippen LogP contribution in [0.2, 0.25) is 0 Å². The van der Waals surface area contributed by atoms with Crippen LogP contribution in [0.3, 0.4) is 0 Å². The highest BCUT2D eigenvalue weighted by atomic mass is 19.1. The third-order valence-corrected chi connectivity index (χ3v) is 2.11. The van der Waals surface area contributed by atoms with E-state index in [1.54, 1.807) is 0 Å². The lowest BCUT2D eigenvalue weighted by Gasteiger charge is -2.23. The SMILES string of the molecule is NCCCN(CCF)c1ccccc1. The molecule has 3 heteroatoms. The Balaban J connectivity index is 2.58. The van der Waals surface area contributed by atoms with Crippen molar-refractivity contribution in [1.82, 2.24) is 0 Å². The van der Waals surface area contributed by atoms with E-state index in [-0.39, 0.29) is 6.67 Å². The normalized spacial score (nSPS) is 10.1. The molecular weight excluding hydrogens is 179 g/mol. The lowest BCUT2D eigenvalue weighted by molar-refractivity contribution is 0.488. The maximum Gasteiger partial charge on any atom is 0.107 e. The highest BCUT2D eigenvalue weighted by molar-refractivity contribution is 5.45. The lowest BCUT2D eigenvalue weighted by atomic mass is 10.2. The summed E-state index contributed by atoms with van der Waals surface area (Å²) in [7, 11) is 0. The van der Waals surface area contributed by atoms with Crippen molar-refractivity contribution < 1.29 is 4.39 Å². The van der Waals surface area contributed by atoms with E-state index in [4.69, 9.17) is 5.73 Å². The Labute approximate surface area is 84.5 Å². The molecule has 14 heavy (non-hydrogen) atoms. The molecule has 0 heterocycles. The zero-order valence-corrected chi connectivity index (χ0v) is 8.32. The summed E-state index contributed by atoms with van der Waals surface area (Å²) in [5, 5.41) is 0. The third-order valence-electron chi connectivity index (χ3n) is 2.11. The van der Waals surface area contributed by atoms with E-state index in [0.717, 1.165) is 18.7 Å². The van der Waals surface area contributed by atoms with Crippen LogP contribution < -0.4 is 10.6 Å². The second kappa shape index (κ2) is 6.38. The average Bonchev–Trinajstić information content (AvgIpc) is 2.25. The van der Waals surface area contributed by atoms with Crippen LogP contribution in [0.4, 0.5) is 10.1 Å². The number of hydrogen-bond acceptors (Lipinski definition) is 2. The Morgan fingerprint density at radius 2 is 1.86 bits per heavy atom. The lowest BCUT2D eigenvalue weighted by Crippen LogP contribution is -2.28. The van der Waals surface area contributed by atoms with Gasteiger partial charge in [-0.3, -0.25) is 0 Å². The van der Waals surface area contributed by atoms with Crippen LogP contribution in [-0.4, -0.2) is 26.3 Å². The summed E-state index contributed by atoms with van der Waals surface area (Å²) in [4.78, 5) is 2.02. The van der Waals surface area contributed by atoms with Crippen LogP contribution in [0.1, 0.15) is 6.42 Å². The summed E-state index contributed by atoms with van der Waals surface area (Å²) < 4.78 is 12.3. The molecule has 1 aromatic rings. The molecule has 0 aliphatic carbocycles. The fourth-order valence-corrected chi connectivity index (χ4v) is 1.39. The van der Waals surface area contributed by atoms with Crippen LogP contribution in [0.5, 0.6) is 0 Å². The standard InChI is InChI=1S/C11H17FN2/c12-7-10-14(9-4-8-13)11-5-2-1-3-6-11/h1-3,5-6H,4,7-10,13H2. The zero-order chi connectivity index (χ0) is 10.2. The number of anilines is 1. The summed E-state index contributed by atoms with van der Waals surface area (Å²) in [6.45, 7) is 1.60. The Bertz CT molecular complexity index is 238. The highest BCUT2D eigenvalue weighted by Crippen LogP contribution is 2.12. The van der Waals surface area contributed by atoms with Gasteiger partial charge in [0, 0.05) is 18.8 Å². The van der Waals surface area contributed by atoms with Crippen LogP contribution in [-0.2, 0) is 0 Å². The van der Waals surface area contributed by atoms with E-state index in [9.17, 15) is 4.39 Å². The van der Waals surface area contributed by atoms with Gasteiger partial charge in [-0.05, 0) is 25.1 Å². The Morgan fingerprint density at radius 1 is 1.14 bits per heavy atom. The molecule has 0 fully saturated rings. The second-order valence-corrected chi connectivity index (χ2v) is 3.15. The molecule has 0 radical (unpaired) electrons. The molecule has 0 unspecified atom stereocenters. The Morgan fingerprint density at radius 3 is 2.43 bits per heavy atom. The number of para-hydroxylation sites is 1. The van der Waals surface area contributed by atoms with Crippen LogP contribution in [0.15, 0.2) is 30.3 Å². The van der Waals surface area contributed by atoms with Crippen molar-refractivity contribution >= 4 is 5.69 Å². The molecule has 0 amide bonds. The summed E-state index contributed by atoms with van der Waals surface area (Å²) in [6.07, 6.45) is 0.898. The second-order valence-electron chi connectivity index (χ2n) is 3.15. The van der Waals surface area contributed by atoms with Gasteiger partial charge >= 0.3 is 0 Å². The van der Waals surface area contributed by atoms with Crippen molar-refractivity contribution in [2.45, 2.75) is 6.42 Å². The molecule has 2 nitrogen and oxygen atoms in total. The third kappa shape index (κ3) is 3.34. The van der Waals surface area contributed by atoms with Gasteiger partial charge in [0.1, 0.15) is 6.67 Å². The largest absolute Gasteiger partial charge is 0.369 e. The topological polar surface area (TPSA) is 29.3 Å². The summed E-state index contributed by atoms with van der Waals surface area (Å²) >= 11 is 0. The summed E-state index contributed by atoms with van der Waals surface area (Å²) in [5.41, 5.74) is 6.50. The smallest absolute Gasteiger partial charge is 0.107 e. The van der Waals surface area contributed by atoms with Crippen LogP contribution in [0, 0.1) is 0 Å². The Kier molecular flexibility index (Phi) is 5.00. The number of nitrogens with zero attached hydrogens (tertiary/aromatic N) is 1. The van der Waals surface area contributed by atoms with Gasteiger partial charge in [0.05, 0.1) is 0 Å². The summed E-state index contributed by atoms with van der Waals surface area (Å²) in [6, 6.07) is 9.87. The van der Waals surface area contributed by atoms with E-state index in [2.05, 4.69) is 0 Å². The van der Waals surface area contributed by atoms with Gasteiger partial charge < -0.3 is 10.6 Å². The molecule has 0 aromatic heterocycles. The molecule has 1 rings (SSSR count). The molecule has 0 saturated heterocycles. The van der Waals surface area contributed by atoms with Crippen LogP contribution in [0.25, 0.3) is 0 Å². The first kappa shape index (κ1) is 11.0. The quantitative estimate of drug-likeness (QED) is 0.752. The first-order valence-corrected chi connectivity index (χ1v) is 4.94. The maximum absolute atomic E-state index is 12.3. The molecule has 0 saturated carbocycles. The number of alkyl halides is 1. The summed E-state index contributed by atoms with van der Waals surface area (Å²) in [5.74, 6) is 0. The van der Waals surface area contributed by atoms with Crippen molar-refractivity contribution in [3.05, 3.63) is 30.3 Å². The monoisotopic (exact) mass is 196 g/mol. The number of benzene rings is 1.